The molecule has 0 aliphatic carbocycles. The predicted molar refractivity (Wildman–Crippen MR) is 130 cm³/mol. The molecule has 1 heterocycles. The summed E-state index contributed by atoms with van der Waals surface area (Å²) in [5, 5.41) is 10.1. The highest BCUT2D eigenvalue weighted by Crippen LogP contribution is 2.22. The zero-order valence-electron chi connectivity index (χ0n) is 17.5. The quantitative estimate of drug-likeness (QED) is 0.226. The number of guanidine groups is 1. The molecule has 1 aromatic heterocycles. The lowest BCUT2D eigenvalue weighted by molar-refractivity contribution is 0.129. The smallest absolute Gasteiger partial charge is 0.191 e. The summed E-state index contributed by atoms with van der Waals surface area (Å²) in [5.41, 5.74) is 2.02. The first-order chi connectivity index (χ1) is 12.9. The largest absolute Gasteiger partial charge is 0.488 e. The van der Waals surface area contributed by atoms with E-state index in [1.807, 2.05) is 25.1 Å². The third-order valence-corrected chi connectivity index (χ3v) is 4.86. The van der Waals surface area contributed by atoms with Gasteiger partial charge in [0, 0.05) is 36.8 Å². The highest BCUT2D eigenvalue weighted by atomic mass is 127. The number of rotatable bonds is 8. The molecule has 0 atom stereocenters. The Labute approximate surface area is 190 Å². The van der Waals surface area contributed by atoms with E-state index in [4.69, 9.17) is 4.74 Å². The van der Waals surface area contributed by atoms with Crippen LogP contribution in [0.2, 0.25) is 0 Å². The van der Waals surface area contributed by atoms with Gasteiger partial charge >= 0.3 is 0 Å². The van der Waals surface area contributed by atoms with Gasteiger partial charge in [-0.2, -0.15) is 0 Å². The lowest BCUT2D eigenvalue weighted by Crippen LogP contribution is -2.37. The third-order valence-electron chi connectivity index (χ3n) is 3.84. The molecule has 0 unspecified atom stereocenters. The number of benzene rings is 1. The van der Waals surface area contributed by atoms with E-state index in [-0.39, 0.29) is 29.6 Å². The molecule has 2 N–H and O–H groups in total. The van der Waals surface area contributed by atoms with Crippen molar-refractivity contribution < 1.29 is 4.74 Å². The molecule has 0 saturated carbocycles. The van der Waals surface area contributed by atoms with Crippen LogP contribution in [-0.4, -0.2) is 30.1 Å². The average molecular weight is 516 g/mol. The monoisotopic (exact) mass is 516 g/mol. The number of hydrogen-bond donors (Lipinski definition) is 2. The highest BCUT2D eigenvalue weighted by molar-refractivity contribution is 14.0. The highest BCUT2D eigenvalue weighted by Gasteiger charge is 2.14. The van der Waals surface area contributed by atoms with Crippen LogP contribution < -0.4 is 15.4 Å². The second-order valence-electron chi connectivity index (χ2n) is 7.51. The molecule has 156 valence electrons. The summed E-state index contributed by atoms with van der Waals surface area (Å²) in [4.78, 5) is 8.82. The Balaban J connectivity index is 0.00000392. The van der Waals surface area contributed by atoms with Gasteiger partial charge in [0.25, 0.3) is 0 Å². The van der Waals surface area contributed by atoms with Crippen molar-refractivity contribution in [2.24, 2.45) is 4.99 Å². The van der Waals surface area contributed by atoms with E-state index < -0.39 is 0 Å². The second-order valence-corrected chi connectivity index (χ2v) is 8.46. The van der Waals surface area contributed by atoms with Crippen LogP contribution in [0.5, 0.6) is 5.75 Å². The van der Waals surface area contributed by atoms with Gasteiger partial charge in [-0.3, -0.25) is 4.99 Å². The van der Waals surface area contributed by atoms with Crippen molar-refractivity contribution in [3.8, 4) is 5.75 Å². The summed E-state index contributed by atoms with van der Waals surface area (Å²) in [5.74, 6) is 1.72. The molecule has 0 radical (unpaired) electrons. The number of nitrogens with zero attached hydrogens (tertiary/aromatic N) is 2. The fourth-order valence-corrected chi connectivity index (χ4v) is 3.42. The SMILES string of the molecule is CN=C(NCCCCc1nc(C)cs1)NCc1ccccc1OC(C)(C)C.I. The normalized spacial score (nSPS) is 11.7. The van der Waals surface area contributed by atoms with Gasteiger partial charge in [-0.1, -0.05) is 18.2 Å². The minimum absolute atomic E-state index is 0. The molecule has 0 saturated heterocycles. The van der Waals surface area contributed by atoms with Crippen molar-refractivity contribution >= 4 is 41.3 Å². The summed E-state index contributed by atoms with van der Waals surface area (Å²) in [6, 6.07) is 8.13. The van der Waals surface area contributed by atoms with Crippen LogP contribution in [0.25, 0.3) is 0 Å². The molecular formula is C21H33IN4OS. The van der Waals surface area contributed by atoms with Crippen LogP contribution in [0, 0.1) is 6.92 Å². The van der Waals surface area contributed by atoms with Crippen LogP contribution in [-0.2, 0) is 13.0 Å². The summed E-state index contributed by atoms with van der Waals surface area (Å²) >= 11 is 1.75. The first-order valence-electron chi connectivity index (χ1n) is 9.50. The zero-order valence-corrected chi connectivity index (χ0v) is 20.7. The Morgan fingerprint density at radius 2 is 1.93 bits per heavy atom. The third kappa shape index (κ3) is 9.23. The molecule has 0 aliphatic rings. The van der Waals surface area contributed by atoms with Gasteiger partial charge in [0.2, 0.25) is 0 Å². The number of para-hydroxylation sites is 1. The molecule has 2 aromatic rings. The predicted octanol–water partition coefficient (Wildman–Crippen LogP) is 4.93. The van der Waals surface area contributed by atoms with Gasteiger partial charge < -0.3 is 15.4 Å². The lowest BCUT2D eigenvalue weighted by atomic mass is 10.1. The lowest BCUT2D eigenvalue weighted by Gasteiger charge is -2.23. The number of ether oxygens (including phenoxy) is 1. The number of aromatic nitrogens is 1. The van der Waals surface area contributed by atoms with E-state index >= 15 is 0 Å². The van der Waals surface area contributed by atoms with E-state index in [2.05, 4.69) is 52.8 Å². The first-order valence-corrected chi connectivity index (χ1v) is 10.4. The molecule has 0 bridgehead atoms. The van der Waals surface area contributed by atoms with Crippen molar-refractivity contribution in [2.75, 3.05) is 13.6 Å². The van der Waals surface area contributed by atoms with Gasteiger partial charge in [-0.25, -0.2) is 4.98 Å². The second kappa shape index (κ2) is 12.3. The zero-order chi connectivity index (χ0) is 19.7. The number of halogens is 1. The summed E-state index contributed by atoms with van der Waals surface area (Å²) < 4.78 is 6.05. The maximum Gasteiger partial charge on any atom is 0.191 e. The van der Waals surface area contributed by atoms with E-state index in [0.29, 0.717) is 6.54 Å². The minimum atomic E-state index is -0.216. The average Bonchev–Trinajstić information content (AvgIpc) is 3.02. The molecule has 28 heavy (non-hydrogen) atoms. The Morgan fingerprint density at radius 1 is 1.18 bits per heavy atom. The molecular weight excluding hydrogens is 483 g/mol. The molecule has 7 heteroatoms. The Morgan fingerprint density at radius 3 is 2.57 bits per heavy atom. The van der Waals surface area contributed by atoms with Gasteiger partial charge in [0.05, 0.1) is 5.01 Å². The fourth-order valence-electron chi connectivity index (χ4n) is 2.60. The summed E-state index contributed by atoms with van der Waals surface area (Å²) in [7, 11) is 1.80. The molecule has 0 fully saturated rings. The van der Waals surface area contributed by atoms with Gasteiger partial charge in [0.1, 0.15) is 11.4 Å². The fraction of sp³-hybridized carbons (Fsp3) is 0.524. The molecule has 0 spiro atoms. The van der Waals surface area contributed by atoms with Crippen molar-refractivity contribution in [2.45, 2.75) is 59.1 Å². The van der Waals surface area contributed by atoms with Crippen molar-refractivity contribution in [1.29, 1.82) is 0 Å². The van der Waals surface area contributed by atoms with E-state index in [0.717, 1.165) is 48.8 Å². The summed E-state index contributed by atoms with van der Waals surface area (Å²) in [6.45, 7) is 9.79. The Bertz CT molecular complexity index is 740. The maximum absolute atomic E-state index is 6.05. The van der Waals surface area contributed by atoms with Gasteiger partial charge in [-0.15, -0.1) is 35.3 Å². The van der Waals surface area contributed by atoms with Crippen LogP contribution in [0.4, 0.5) is 0 Å². The Hall–Kier alpha value is -1.35. The van der Waals surface area contributed by atoms with Gasteiger partial charge in [0.15, 0.2) is 5.96 Å². The van der Waals surface area contributed by atoms with Crippen LogP contribution in [0.15, 0.2) is 34.6 Å². The number of aryl methyl sites for hydroxylation is 2. The molecule has 2 rings (SSSR count). The van der Waals surface area contributed by atoms with E-state index in [1.54, 1.807) is 18.4 Å². The molecule has 1 aromatic carbocycles. The number of aliphatic imine (C=N–C) groups is 1. The number of unbranched alkanes of at least 4 members (excludes halogenated alkanes) is 1. The Kier molecular flexibility index (Phi) is 10.8. The van der Waals surface area contributed by atoms with E-state index in [1.165, 1.54) is 5.01 Å². The molecule has 0 aliphatic heterocycles. The van der Waals surface area contributed by atoms with Crippen molar-refractivity contribution in [3.63, 3.8) is 0 Å². The minimum Gasteiger partial charge on any atom is -0.488 e. The maximum atomic E-state index is 6.05. The van der Waals surface area contributed by atoms with Crippen LogP contribution >= 0.6 is 35.3 Å². The van der Waals surface area contributed by atoms with E-state index in [9.17, 15) is 0 Å². The number of thiazole rings is 1. The topological polar surface area (TPSA) is 58.5 Å². The van der Waals surface area contributed by atoms with Crippen molar-refractivity contribution in [3.05, 3.63) is 45.9 Å². The van der Waals surface area contributed by atoms with Crippen LogP contribution in [0.1, 0.15) is 49.9 Å². The standard InChI is InChI=1S/C21H32N4OS.HI/c1-16-15-27-19(25-16)12-8-9-13-23-20(22-5)24-14-17-10-6-7-11-18(17)26-21(2,3)4;/h6-7,10-11,15H,8-9,12-14H2,1-5H3,(H2,22,23,24);1H. The molecule has 5 nitrogen and oxygen atoms in total. The van der Waals surface area contributed by atoms with Crippen LogP contribution in [0.3, 0.4) is 0 Å². The van der Waals surface area contributed by atoms with Gasteiger partial charge in [-0.05, 0) is 53.0 Å². The first kappa shape index (κ1) is 24.7. The number of hydrogen-bond acceptors (Lipinski definition) is 4. The summed E-state index contributed by atoms with van der Waals surface area (Å²) in [6.07, 6.45) is 3.26. The van der Waals surface area contributed by atoms with Crippen molar-refractivity contribution in [1.82, 2.24) is 15.6 Å². The molecule has 0 amide bonds. The number of nitrogens with one attached hydrogen (secondary N) is 2.